The van der Waals surface area contributed by atoms with Crippen molar-refractivity contribution < 1.29 is 14.4 Å². The molecular weight excluding hydrogens is 402 g/mol. The number of nitrogens with one attached hydrogen (secondary N) is 3. The first-order valence-corrected chi connectivity index (χ1v) is 10.2. The minimum absolute atomic E-state index is 0.0892. The third-order valence-electron chi connectivity index (χ3n) is 4.76. The zero-order chi connectivity index (χ0) is 22.9. The fourth-order valence-electron chi connectivity index (χ4n) is 3.11. The Morgan fingerprint density at radius 2 is 1.50 bits per heavy atom. The van der Waals surface area contributed by atoms with Crippen LogP contribution in [0.5, 0.6) is 0 Å². The number of hydrogen-bond acceptors (Lipinski definition) is 3. The molecule has 0 aromatic heterocycles. The van der Waals surface area contributed by atoms with E-state index in [-0.39, 0.29) is 17.5 Å². The summed E-state index contributed by atoms with van der Waals surface area (Å²) in [5.41, 5.74) is 3.51. The zero-order valence-electron chi connectivity index (χ0n) is 18.0. The number of para-hydroxylation sites is 1. The van der Waals surface area contributed by atoms with Crippen molar-refractivity contribution in [3.63, 3.8) is 0 Å². The Morgan fingerprint density at radius 3 is 2.22 bits per heavy atom. The number of aryl methyl sites for hydroxylation is 1. The largest absolute Gasteiger partial charge is 0.348 e. The lowest BCUT2D eigenvalue weighted by Crippen LogP contribution is -2.30. The molecule has 3 rings (SSSR count). The highest BCUT2D eigenvalue weighted by Crippen LogP contribution is 2.17. The summed E-state index contributed by atoms with van der Waals surface area (Å²) < 4.78 is 0. The molecule has 0 aliphatic rings. The van der Waals surface area contributed by atoms with Gasteiger partial charge in [0, 0.05) is 13.5 Å². The lowest BCUT2D eigenvalue weighted by Gasteiger charge is -2.14. The number of hydrogen-bond donors (Lipinski definition) is 3. The van der Waals surface area contributed by atoms with Crippen molar-refractivity contribution in [2.75, 3.05) is 5.32 Å². The normalized spacial score (nSPS) is 10.9. The highest BCUT2D eigenvalue weighted by atomic mass is 16.2. The van der Waals surface area contributed by atoms with Crippen molar-refractivity contribution in [2.24, 2.45) is 0 Å². The Kier molecular flexibility index (Phi) is 7.54. The summed E-state index contributed by atoms with van der Waals surface area (Å²) in [5, 5.41) is 8.20. The molecule has 3 aromatic carbocycles. The predicted octanol–water partition coefficient (Wildman–Crippen LogP) is 4.04. The molecule has 6 nitrogen and oxygen atoms in total. The van der Waals surface area contributed by atoms with Crippen LogP contribution in [0.4, 0.5) is 5.69 Å². The van der Waals surface area contributed by atoms with Gasteiger partial charge in [0.15, 0.2) is 0 Å². The Hall–Kier alpha value is -4.19. The number of rotatable bonds is 7. The molecule has 0 fully saturated rings. The van der Waals surface area contributed by atoms with Crippen molar-refractivity contribution in [1.29, 1.82) is 0 Å². The maximum absolute atomic E-state index is 13.0. The van der Waals surface area contributed by atoms with Crippen LogP contribution in [0.2, 0.25) is 0 Å². The van der Waals surface area contributed by atoms with E-state index in [9.17, 15) is 14.4 Å². The first kappa shape index (κ1) is 22.5. The highest BCUT2D eigenvalue weighted by Gasteiger charge is 2.17. The predicted molar refractivity (Wildman–Crippen MR) is 126 cm³/mol. The van der Waals surface area contributed by atoms with Crippen LogP contribution in [0.3, 0.4) is 0 Å². The van der Waals surface area contributed by atoms with Crippen LogP contribution in [-0.2, 0) is 16.1 Å². The molecule has 0 aliphatic carbocycles. The van der Waals surface area contributed by atoms with Gasteiger partial charge in [-0.25, -0.2) is 0 Å². The van der Waals surface area contributed by atoms with E-state index in [1.807, 2.05) is 61.5 Å². The minimum atomic E-state index is -0.522. The first-order valence-electron chi connectivity index (χ1n) is 10.2. The standard InChI is InChI=1S/C26H25N3O3/c1-18-10-6-7-13-21(18)16-24(28-19(2)30)26(32)29-23-15-9-8-14-22(23)25(31)27-17-20-11-4-3-5-12-20/h3-16H,17H2,1-2H3,(H,27,31)(H,28,30)(H,29,32)/b24-16-. The van der Waals surface area contributed by atoms with Crippen LogP contribution in [0, 0.1) is 6.92 Å². The Labute approximate surface area is 187 Å². The molecule has 0 atom stereocenters. The number of benzene rings is 3. The molecule has 0 saturated carbocycles. The summed E-state index contributed by atoms with van der Waals surface area (Å²) in [7, 11) is 0. The van der Waals surface area contributed by atoms with Gasteiger partial charge in [-0.3, -0.25) is 14.4 Å². The number of carbonyl (C=O) groups excluding carboxylic acids is 3. The summed E-state index contributed by atoms with van der Waals surface area (Å²) in [6.45, 7) is 3.62. The Balaban J connectivity index is 1.80. The van der Waals surface area contributed by atoms with E-state index in [2.05, 4.69) is 16.0 Å². The quantitative estimate of drug-likeness (QED) is 0.497. The molecule has 3 aromatic rings. The smallest absolute Gasteiger partial charge is 0.272 e. The second kappa shape index (κ2) is 10.7. The van der Waals surface area contributed by atoms with Gasteiger partial charge in [-0.15, -0.1) is 0 Å². The van der Waals surface area contributed by atoms with Crippen molar-refractivity contribution in [3.05, 3.63) is 107 Å². The molecule has 0 heterocycles. The number of carbonyl (C=O) groups is 3. The van der Waals surface area contributed by atoms with E-state index in [0.29, 0.717) is 17.8 Å². The van der Waals surface area contributed by atoms with Crippen LogP contribution in [0.1, 0.15) is 34.0 Å². The van der Waals surface area contributed by atoms with Gasteiger partial charge in [-0.1, -0.05) is 66.7 Å². The average Bonchev–Trinajstić information content (AvgIpc) is 2.79. The van der Waals surface area contributed by atoms with Crippen molar-refractivity contribution in [1.82, 2.24) is 10.6 Å². The highest BCUT2D eigenvalue weighted by molar-refractivity contribution is 6.11. The van der Waals surface area contributed by atoms with Crippen LogP contribution in [-0.4, -0.2) is 17.7 Å². The molecule has 0 spiro atoms. The SMILES string of the molecule is CC(=O)N/C(=C\c1ccccc1C)C(=O)Nc1ccccc1C(=O)NCc1ccccc1. The molecule has 0 aliphatic heterocycles. The average molecular weight is 428 g/mol. The lowest BCUT2D eigenvalue weighted by atomic mass is 10.1. The van der Waals surface area contributed by atoms with Crippen molar-refractivity contribution in [3.8, 4) is 0 Å². The van der Waals surface area contributed by atoms with Gasteiger partial charge < -0.3 is 16.0 Å². The third kappa shape index (κ3) is 6.15. The molecule has 3 N–H and O–H groups in total. The Morgan fingerprint density at radius 1 is 0.844 bits per heavy atom. The lowest BCUT2D eigenvalue weighted by molar-refractivity contribution is -0.120. The van der Waals surface area contributed by atoms with Crippen LogP contribution in [0.25, 0.3) is 6.08 Å². The molecule has 6 heteroatoms. The van der Waals surface area contributed by atoms with Gasteiger partial charge >= 0.3 is 0 Å². The summed E-state index contributed by atoms with van der Waals surface area (Å²) in [6, 6.07) is 23.8. The summed E-state index contributed by atoms with van der Waals surface area (Å²) in [6.07, 6.45) is 1.62. The molecule has 0 saturated heterocycles. The van der Waals surface area contributed by atoms with E-state index in [4.69, 9.17) is 0 Å². The van der Waals surface area contributed by atoms with E-state index in [1.54, 1.807) is 30.3 Å². The van der Waals surface area contributed by atoms with Gasteiger partial charge in [0.2, 0.25) is 5.91 Å². The van der Waals surface area contributed by atoms with E-state index < -0.39 is 5.91 Å². The summed E-state index contributed by atoms with van der Waals surface area (Å²) >= 11 is 0. The van der Waals surface area contributed by atoms with Crippen molar-refractivity contribution >= 4 is 29.5 Å². The molecular formula is C26H25N3O3. The van der Waals surface area contributed by atoms with Gasteiger partial charge in [-0.2, -0.15) is 0 Å². The molecule has 0 radical (unpaired) electrons. The molecule has 3 amide bonds. The molecule has 0 unspecified atom stereocenters. The molecule has 32 heavy (non-hydrogen) atoms. The maximum atomic E-state index is 13.0. The van der Waals surface area contributed by atoms with Gasteiger partial charge in [-0.05, 0) is 41.8 Å². The maximum Gasteiger partial charge on any atom is 0.272 e. The third-order valence-corrected chi connectivity index (χ3v) is 4.76. The van der Waals surface area contributed by atoms with Gasteiger partial charge in [0.1, 0.15) is 5.70 Å². The zero-order valence-corrected chi connectivity index (χ0v) is 18.0. The minimum Gasteiger partial charge on any atom is -0.348 e. The second-order valence-electron chi connectivity index (χ2n) is 7.26. The fourth-order valence-corrected chi connectivity index (χ4v) is 3.11. The van der Waals surface area contributed by atoms with E-state index in [1.165, 1.54) is 6.92 Å². The van der Waals surface area contributed by atoms with Crippen LogP contribution < -0.4 is 16.0 Å². The molecule has 0 bridgehead atoms. The van der Waals surface area contributed by atoms with Crippen LogP contribution in [0.15, 0.2) is 84.6 Å². The fraction of sp³-hybridized carbons (Fsp3) is 0.115. The summed E-state index contributed by atoms with van der Waals surface area (Å²) in [5.74, 6) is -1.20. The molecule has 162 valence electrons. The number of amides is 3. The monoisotopic (exact) mass is 427 g/mol. The second-order valence-corrected chi connectivity index (χ2v) is 7.26. The van der Waals surface area contributed by atoms with Crippen LogP contribution >= 0.6 is 0 Å². The van der Waals surface area contributed by atoms with Gasteiger partial charge in [0.05, 0.1) is 11.3 Å². The van der Waals surface area contributed by atoms with Gasteiger partial charge in [0.25, 0.3) is 11.8 Å². The Bertz CT molecular complexity index is 1150. The first-order chi connectivity index (χ1) is 15.4. The summed E-state index contributed by atoms with van der Waals surface area (Å²) in [4.78, 5) is 37.4. The van der Waals surface area contributed by atoms with E-state index >= 15 is 0 Å². The van der Waals surface area contributed by atoms with Crippen molar-refractivity contribution in [2.45, 2.75) is 20.4 Å². The van der Waals surface area contributed by atoms with E-state index in [0.717, 1.165) is 16.7 Å². The number of anilines is 1. The topological polar surface area (TPSA) is 87.3 Å².